The second-order valence-corrected chi connectivity index (χ2v) is 6.41. The smallest absolute Gasteiger partial charge is 0.261 e. The van der Waals surface area contributed by atoms with Crippen LogP contribution in [0.4, 0.5) is 0 Å². The van der Waals surface area contributed by atoms with Crippen LogP contribution in [0.1, 0.15) is 26.2 Å². The molecule has 1 aromatic heterocycles. The second-order valence-electron chi connectivity index (χ2n) is 6.41. The van der Waals surface area contributed by atoms with Crippen LogP contribution < -0.4 is 10.9 Å². The highest BCUT2D eigenvalue weighted by molar-refractivity contribution is 5.78. The van der Waals surface area contributed by atoms with Gasteiger partial charge >= 0.3 is 0 Å². The summed E-state index contributed by atoms with van der Waals surface area (Å²) in [5.74, 6) is 0.190. The fourth-order valence-electron chi connectivity index (χ4n) is 2.86. The first kappa shape index (κ1) is 15.7. The van der Waals surface area contributed by atoms with E-state index in [1.54, 1.807) is 18.2 Å². The van der Waals surface area contributed by atoms with Gasteiger partial charge in [-0.1, -0.05) is 12.1 Å². The maximum Gasteiger partial charge on any atom is 0.261 e. The van der Waals surface area contributed by atoms with Crippen molar-refractivity contribution in [3.63, 3.8) is 0 Å². The Morgan fingerprint density at radius 2 is 2.17 bits per heavy atom. The maximum absolute atomic E-state index is 12.4. The predicted molar refractivity (Wildman–Crippen MR) is 87.0 cm³/mol. The molecule has 1 aliphatic rings. The van der Waals surface area contributed by atoms with Crippen molar-refractivity contribution in [1.82, 2.24) is 14.9 Å². The average molecular weight is 315 g/mol. The van der Waals surface area contributed by atoms with E-state index in [1.807, 2.05) is 13.0 Å². The molecule has 1 aromatic carbocycles. The number of nitrogens with zero attached hydrogens (tertiary/aromatic N) is 2. The van der Waals surface area contributed by atoms with Crippen LogP contribution >= 0.6 is 0 Å². The van der Waals surface area contributed by atoms with Crippen LogP contribution in [0.2, 0.25) is 0 Å². The lowest BCUT2D eigenvalue weighted by Crippen LogP contribution is -2.51. The lowest BCUT2D eigenvalue weighted by molar-refractivity contribution is -0.124. The van der Waals surface area contributed by atoms with Gasteiger partial charge in [-0.25, -0.2) is 4.98 Å². The van der Waals surface area contributed by atoms with E-state index in [-0.39, 0.29) is 31.0 Å². The highest BCUT2D eigenvalue weighted by atomic mass is 16.3. The maximum atomic E-state index is 12.4. The van der Waals surface area contributed by atoms with Crippen molar-refractivity contribution in [2.75, 3.05) is 6.61 Å². The van der Waals surface area contributed by atoms with Crippen LogP contribution in [0, 0.1) is 5.92 Å². The summed E-state index contributed by atoms with van der Waals surface area (Å²) in [6, 6.07) is 7.15. The fourth-order valence-corrected chi connectivity index (χ4v) is 2.86. The molecule has 0 saturated heterocycles. The van der Waals surface area contributed by atoms with Gasteiger partial charge in [0.2, 0.25) is 5.91 Å². The van der Waals surface area contributed by atoms with Gasteiger partial charge < -0.3 is 10.4 Å². The van der Waals surface area contributed by atoms with Crippen molar-refractivity contribution in [1.29, 1.82) is 0 Å². The van der Waals surface area contributed by atoms with Crippen LogP contribution in [0.5, 0.6) is 0 Å². The third-order valence-corrected chi connectivity index (χ3v) is 4.54. The summed E-state index contributed by atoms with van der Waals surface area (Å²) in [6.07, 6.45) is 3.73. The second kappa shape index (κ2) is 6.12. The molecule has 122 valence electrons. The highest BCUT2D eigenvalue weighted by Crippen LogP contribution is 2.39. The molecule has 0 aliphatic heterocycles. The van der Waals surface area contributed by atoms with E-state index >= 15 is 0 Å². The zero-order valence-corrected chi connectivity index (χ0v) is 13.2. The first-order chi connectivity index (χ1) is 11.0. The molecule has 6 nitrogen and oxygen atoms in total. The van der Waals surface area contributed by atoms with E-state index in [4.69, 9.17) is 0 Å². The number of carbonyl (C=O) groups is 1. The molecule has 0 bridgehead atoms. The van der Waals surface area contributed by atoms with Crippen LogP contribution in [0.25, 0.3) is 10.9 Å². The number of benzene rings is 1. The number of aliphatic hydroxyl groups excluding tert-OH is 1. The Bertz CT molecular complexity index is 782. The van der Waals surface area contributed by atoms with Gasteiger partial charge in [0.15, 0.2) is 0 Å². The monoisotopic (exact) mass is 315 g/mol. The quantitative estimate of drug-likeness (QED) is 0.835. The minimum absolute atomic E-state index is 0.0686. The SMILES string of the molecule is CC(CO)(NC(=O)CCn1cnc2ccccc2c1=O)C1CC1. The van der Waals surface area contributed by atoms with E-state index < -0.39 is 5.54 Å². The molecular formula is C17H21N3O3. The van der Waals surface area contributed by atoms with E-state index in [1.165, 1.54) is 10.9 Å². The van der Waals surface area contributed by atoms with E-state index in [2.05, 4.69) is 10.3 Å². The number of hydrogen-bond donors (Lipinski definition) is 2. The minimum atomic E-state index is -0.552. The molecule has 1 atom stereocenters. The van der Waals surface area contributed by atoms with Gasteiger partial charge in [-0.3, -0.25) is 14.2 Å². The molecule has 2 N–H and O–H groups in total. The number of nitrogens with one attached hydrogen (secondary N) is 1. The van der Waals surface area contributed by atoms with Crippen molar-refractivity contribution in [3.8, 4) is 0 Å². The van der Waals surface area contributed by atoms with E-state index in [0.29, 0.717) is 16.8 Å². The van der Waals surface area contributed by atoms with Crippen LogP contribution in [-0.4, -0.2) is 32.7 Å². The van der Waals surface area contributed by atoms with Gasteiger partial charge in [0.25, 0.3) is 5.56 Å². The Morgan fingerprint density at radius 3 is 2.87 bits per heavy atom. The highest BCUT2D eigenvalue weighted by Gasteiger charge is 2.41. The number of aryl methyl sites for hydroxylation is 1. The summed E-state index contributed by atoms with van der Waals surface area (Å²) in [5, 5.41) is 13.0. The Kier molecular flexibility index (Phi) is 4.17. The molecule has 1 unspecified atom stereocenters. The first-order valence-corrected chi connectivity index (χ1v) is 7.89. The first-order valence-electron chi connectivity index (χ1n) is 7.89. The van der Waals surface area contributed by atoms with Crippen LogP contribution in [0.3, 0.4) is 0 Å². The van der Waals surface area contributed by atoms with Gasteiger partial charge in [0.1, 0.15) is 0 Å². The molecular weight excluding hydrogens is 294 g/mol. The summed E-state index contributed by atoms with van der Waals surface area (Å²) < 4.78 is 1.45. The zero-order chi connectivity index (χ0) is 16.4. The molecule has 0 radical (unpaired) electrons. The number of aromatic nitrogens is 2. The molecule has 1 fully saturated rings. The lowest BCUT2D eigenvalue weighted by Gasteiger charge is -2.28. The molecule has 3 rings (SSSR count). The molecule has 6 heteroatoms. The fraction of sp³-hybridized carbons (Fsp3) is 0.471. The standard InChI is InChI=1S/C17H21N3O3/c1-17(10-21,12-6-7-12)19-15(22)8-9-20-11-18-14-5-3-2-4-13(14)16(20)23/h2-5,11-12,21H,6-10H2,1H3,(H,19,22). The van der Waals surface area contributed by atoms with Crippen molar-refractivity contribution in [2.24, 2.45) is 5.92 Å². The molecule has 2 aromatic rings. The molecule has 0 spiro atoms. The van der Waals surface area contributed by atoms with Gasteiger partial charge in [-0.2, -0.15) is 0 Å². The van der Waals surface area contributed by atoms with Crippen molar-refractivity contribution >= 4 is 16.8 Å². The summed E-state index contributed by atoms with van der Waals surface area (Å²) in [5.41, 5.74) is -0.0424. The largest absolute Gasteiger partial charge is 0.394 e. The van der Waals surface area contributed by atoms with Crippen molar-refractivity contribution in [2.45, 2.75) is 38.3 Å². The molecule has 1 amide bonds. The molecule has 1 aliphatic carbocycles. The molecule has 23 heavy (non-hydrogen) atoms. The van der Waals surface area contributed by atoms with Gasteiger partial charge in [0, 0.05) is 13.0 Å². The average Bonchev–Trinajstić information content (AvgIpc) is 3.40. The Balaban J connectivity index is 1.67. The number of hydrogen-bond acceptors (Lipinski definition) is 4. The van der Waals surface area contributed by atoms with Crippen molar-refractivity contribution < 1.29 is 9.90 Å². The summed E-state index contributed by atoms with van der Waals surface area (Å²) >= 11 is 0. The summed E-state index contributed by atoms with van der Waals surface area (Å²) in [7, 11) is 0. The van der Waals surface area contributed by atoms with Gasteiger partial charge in [-0.15, -0.1) is 0 Å². The van der Waals surface area contributed by atoms with Gasteiger partial charge in [0.05, 0.1) is 29.4 Å². The molecule has 1 heterocycles. The van der Waals surface area contributed by atoms with Crippen molar-refractivity contribution in [3.05, 3.63) is 40.9 Å². The molecule has 1 saturated carbocycles. The minimum Gasteiger partial charge on any atom is -0.394 e. The zero-order valence-electron chi connectivity index (χ0n) is 13.2. The Labute approximate surface area is 134 Å². The van der Waals surface area contributed by atoms with Crippen LogP contribution in [-0.2, 0) is 11.3 Å². The van der Waals surface area contributed by atoms with E-state index in [9.17, 15) is 14.7 Å². The Morgan fingerprint density at radius 1 is 1.43 bits per heavy atom. The third kappa shape index (κ3) is 3.27. The number of fused-ring (bicyclic) bond motifs is 1. The predicted octanol–water partition coefficient (Wildman–Crippen LogP) is 1.06. The number of carbonyl (C=O) groups excluding carboxylic acids is 1. The Hall–Kier alpha value is -2.21. The van der Waals surface area contributed by atoms with E-state index in [0.717, 1.165) is 12.8 Å². The number of para-hydroxylation sites is 1. The lowest BCUT2D eigenvalue weighted by atomic mass is 9.97. The normalized spacial score (nSPS) is 17.0. The summed E-state index contributed by atoms with van der Waals surface area (Å²) in [6.45, 7) is 2.07. The number of rotatable bonds is 6. The number of amides is 1. The third-order valence-electron chi connectivity index (χ3n) is 4.54. The topological polar surface area (TPSA) is 84.2 Å². The number of aliphatic hydroxyl groups is 1. The van der Waals surface area contributed by atoms with Gasteiger partial charge in [-0.05, 0) is 37.8 Å². The van der Waals surface area contributed by atoms with Crippen LogP contribution in [0.15, 0.2) is 35.4 Å². The summed E-state index contributed by atoms with van der Waals surface area (Å²) in [4.78, 5) is 28.7.